The molecular formula is C15H19N5O. The van der Waals surface area contributed by atoms with Crippen LogP contribution in [0.3, 0.4) is 0 Å². The van der Waals surface area contributed by atoms with Gasteiger partial charge in [-0.3, -0.25) is 4.79 Å². The van der Waals surface area contributed by atoms with Crippen molar-refractivity contribution in [3.8, 4) is 0 Å². The van der Waals surface area contributed by atoms with Gasteiger partial charge in [0.05, 0.1) is 17.8 Å². The zero-order valence-electron chi connectivity index (χ0n) is 12.3. The molecule has 0 saturated carbocycles. The van der Waals surface area contributed by atoms with Gasteiger partial charge in [-0.15, -0.1) is 0 Å². The zero-order valence-corrected chi connectivity index (χ0v) is 12.3. The Morgan fingerprint density at radius 3 is 2.90 bits per heavy atom. The molecule has 0 bridgehead atoms. The van der Waals surface area contributed by atoms with E-state index in [0.717, 1.165) is 24.6 Å². The summed E-state index contributed by atoms with van der Waals surface area (Å²) in [7, 11) is 3.51. The molecule has 0 spiro atoms. The van der Waals surface area contributed by atoms with E-state index < -0.39 is 0 Å². The van der Waals surface area contributed by atoms with Crippen LogP contribution in [0, 0.1) is 0 Å². The fourth-order valence-electron chi connectivity index (χ4n) is 2.61. The number of imidazole rings is 1. The Bertz CT molecular complexity index is 676. The third-order valence-electron chi connectivity index (χ3n) is 3.74. The first-order chi connectivity index (χ1) is 10.1. The van der Waals surface area contributed by atoms with Crippen molar-refractivity contribution in [1.82, 2.24) is 14.5 Å². The molecular weight excluding hydrogens is 266 g/mol. The molecule has 0 saturated heterocycles. The van der Waals surface area contributed by atoms with Crippen molar-refractivity contribution in [3.63, 3.8) is 0 Å². The summed E-state index contributed by atoms with van der Waals surface area (Å²) in [5.74, 6) is 0.992. The number of benzene rings is 1. The van der Waals surface area contributed by atoms with Crippen LogP contribution in [0.15, 0.2) is 30.6 Å². The lowest BCUT2D eigenvalue weighted by molar-refractivity contribution is 0.0828. The lowest BCUT2D eigenvalue weighted by Crippen LogP contribution is -2.35. The van der Waals surface area contributed by atoms with Crippen LogP contribution in [0.5, 0.6) is 0 Å². The van der Waals surface area contributed by atoms with E-state index in [1.807, 2.05) is 18.5 Å². The Labute approximate surface area is 123 Å². The summed E-state index contributed by atoms with van der Waals surface area (Å²) in [5.41, 5.74) is 8.13. The summed E-state index contributed by atoms with van der Waals surface area (Å²) < 4.78 is 2.14. The molecule has 0 fully saturated rings. The molecule has 21 heavy (non-hydrogen) atoms. The number of hydrogen-bond acceptors (Lipinski definition) is 4. The van der Waals surface area contributed by atoms with Crippen molar-refractivity contribution < 1.29 is 4.79 Å². The molecule has 0 atom stereocenters. The third kappa shape index (κ3) is 2.44. The molecule has 1 aliphatic rings. The first kappa shape index (κ1) is 13.5. The van der Waals surface area contributed by atoms with E-state index in [1.165, 1.54) is 0 Å². The van der Waals surface area contributed by atoms with Gasteiger partial charge < -0.3 is 20.1 Å². The largest absolute Gasteiger partial charge is 0.399 e. The number of nitrogens with zero attached hydrogens (tertiary/aromatic N) is 4. The highest BCUT2D eigenvalue weighted by Crippen LogP contribution is 2.27. The quantitative estimate of drug-likeness (QED) is 0.842. The maximum Gasteiger partial charge on any atom is 0.255 e. The van der Waals surface area contributed by atoms with E-state index in [4.69, 9.17) is 5.73 Å². The molecule has 0 aliphatic carbocycles. The molecule has 2 heterocycles. The van der Waals surface area contributed by atoms with Gasteiger partial charge in [0.2, 0.25) is 0 Å². The minimum Gasteiger partial charge on any atom is -0.399 e. The smallest absolute Gasteiger partial charge is 0.255 e. The molecule has 1 aromatic carbocycles. The van der Waals surface area contributed by atoms with Crippen molar-refractivity contribution in [2.75, 3.05) is 31.3 Å². The highest BCUT2D eigenvalue weighted by Gasteiger charge is 2.22. The second kappa shape index (κ2) is 5.12. The summed E-state index contributed by atoms with van der Waals surface area (Å²) in [6.07, 6.45) is 3.79. The number of hydrogen-bond donors (Lipinski definition) is 1. The molecule has 2 N–H and O–H groups in total. The molecule has 0 radical (unpaired) electrons. The van der Waals surface area contributed by atoms with Gasteiger partial charge in [-0.1, -0.05) is 0 Å². The lowest BCUT2D eigenvalue weighted by atomic mass is 10.1. The minimum absolute atomic E-state index is 0.0149. The van der Waals surface area contributed by atoms with Gasteiger partial charge in [0.15, 0.2) is 0 Å². The van der Waals surface area contributed by atoms with Crippen LogP contribution < -0.4 is 10.6 Å². The van der Waals surface area contributed by atoms with Gasteiger partial charge in [-0.2, -0.15) is 0 Å². The van der Waals surface area contributed by atoms with Crippen molar-refractivity contribution in [3.05, 3.63) is 42.0 Å². The normalized spacial score (nSPS) is 13.9. The number of carbonyl (C=O) groups is 1. The molecule has 6 heteroatoms. The van der Waals surface area contributed by atoms with E-state index >= 15 is 0 Å². The van der Waals surface area contributed by atoms with Crippen LogP contribution in [0.4, 0.5) is 11.4 Å². The first-order valence-corrected chi connectivity index (χ1v) is 6.92. The second-order valence-corrected chi connectivity index (χ2v) is 5.43. The highest BCUT2D eigenvalue weighted by atomic mass is 16.2. The number of nitrogen functional groups attached to an aromatic ring is 1. The maximum absolute atomic E-state index is 12.4. The van der Waals surface area contributed by atoms with E-state index in [-0.39, 0.29) is 5.91 Å². The summed E-state index contributed by atoms with van der Waals surface area (Å²) >= 11 is 0. The Morgan fingerprint density at radius 1 is 1.33 bits per heavy atom. The SMILES string of the molecule is CN(C)C(=O)c1ccc(N)cc1N1CCn2ccnc2C1. The van der Waals surface area contributed by atoms with E-state index in [2.05, 4.69) is 14.5 Å². The number of rotatable bonds is 2. The van der Waals surface area contributed by atoms with Crippen LogP contribution in [-0.4, -0.2) is 41.0 Å². The molecule has 1 aliphatic heterocycles. The number of carbonyl (C=O) groups excluding carboxylic acids is 1. The average Bonchev–Trinajstić information content (AvgIpc) is 2.93. The highest BCUT2D eigenvalue weighted by molar-refractivity contribution is 6.00. The van der Waals surface area contributed by atoms with Crippen LogP contribution >= 0.6 is 0 Å². The van der Waals surface area contributed by atoms with Gasteiger partial charge in [-0.25, -0.2) is 4.98 Å². The maximum atomic E-state index is 12.4. The topological polar surface area (TPSA) is 67.4 Å². The van der Waals surface area contributed by atoms with Crippen LogP contribution in [0.25, 0.3) is 0 Å². The van der Waals surface area contributed by atoms with Crippen molar-refractivity contribution in [2.24, 2.45) is 0 Å². The Balaban J connectivity index is 1.98. The van der Waals surface area contributed by atoms with Crippen molar-refractivity contribution >= 4 is 17.3 Å². The molecule has 3 rings (SSSR count). The van der Waals surface area contributed by atoms with Crippen molar-refractivity contribution in [1.29, 1.82) is 0 Å². The molecule has 110 valence electrons. The fraction of sp³-hybridized carbons (Fsp3) is 0.333. The number of nitrogens with two attached hydrogens (primary N) is 1. The first-order valence-electron chi connectivity index (χ1n) is 6.92. The molecule has 1 aromatic heterocycles. The Morgan fingerprint density at radius 2 is 2.14 bits per heavy atom. The Hall–Kier alpha value is -2.50. The fourth-order valence-corrected chi connectivity index (χ4v) is 2.61. The molecule has 6 nitrogen and oxygen atoms in total. The van der Waals surface area contributed by atoms with Crippen LogP contribution in [0.1, 0.15) is 16.2 Å². The second-order valence-electron chi connectivity index (χ2n) is 5.43. The van der Waals surface area contributed by atoms with Crippen LogP contribution in [-0.2, 0) is 13.1 Å². The summed E-state index contributed by atoms with van der Waals surface area (Å²) in [6.45, 7) is 2.38. The predicted molar refractivity (Wildman–Crippen MR) is 82.1 cm³/mol. The van der Waals surface area contributed by atoms with Gasteiger partial charge in [-0.05, 0) is 18.2 Å². The number of anilines is 2. The summed E-state index contributed by atoms with van der Waals surface area (Å²) in [6, 6.07) is 5.44. The molecule has 1 amide bonds. The van der Waals surface area contributed by atoms with Gasteiger partial charge in [0.1, 0.15) is 5.82 Å². The Kier molecular flexibility index (Phi) is 3.29. The van der Waals surface area contributed by atoms with Gasteiger partial charge in [0, 0.05) is 45.3 Å². The monoisotopic (exact) mass is 285 g/mol. The van der Waals surface area contributed by atoms with Crippen molar-refractivity contribution in [2.45, 2.75) is 13.1 Å². The number of aromatic nitrogens is 2. The number of amides is 1. The standard InChI is InChI=1S/C15H19N5O/c1-18(2)15(21)12-4-3-11(16)9-13(12)20-8-7-19-6-5-17-14(19)10-20/h3-6,9H,7-8,10,16H2,1-2H3. The van der Waals surface area contributed by atoms with Crippen LogP contribution in [0.2, 0.25) is 0 Å². The van der Waals surface area contributed by atoms with E-state index in [0.29, 0.717) is 17.8 Å². The van der Waals surface area contributed by atoms with Gasteiger partial charge in [0.25, 0.3) is 5.91 Å². The third-order valence-corrected chi connectivity index (χ3v) is 3.74. The average molecular weight is 285 g/mol. The zero-order chi connectivity index (χ0) is 15.0. The minimum atomic E-state index is -0.0149. The summed E-state index contributed by atoms with van der Waals surface area (Å²) in [5, 5.41) is 0. The predicted octanol–water partition coefficient (Wildman–Crippen LogP) is 1.19. The van der Waals surface area contributed by atoms with E-state index in [1.54, 1.807) is 31.1 Å². The lowest BCUT2D eigenvalue weighted by Gasteiger charge is -2.31. The number of fused-ring (bicyclic) bond motifs is 1. The van der Waals surface area contributed by atoms with Gasteiger partial charge >= 0.3 is 0 Å². The molecule has 2 aromatic rings. The van der Waals surface area contributed by atoms with E-state index in [9.17, 15) is 4.79 Å². The summed E-state index contributed by atoms with van der Waals surface area (Å²) in [4.78, 5) is 20.5. The molecule has 0 unspecified atom stereocenters.